The average Bonchev–Trinajstić information content (AvgIpc) is 2.78. The van der Waals surface area contributed by atoms with Crippen LogP contribution >= 0.6 is 11.6 Å². The summed E-state index contributed by atoms with van der Waals surface area (Å²) in [7, 11) is 0. The average molecular weight is 445 g/mol. The van der Waals surface area contributed by atoms with Gasteiger partial charge in [-0.15, -0.1) is 0 Å². The van der Waals surface area contributed by atoms with Gasteiger partial charge in [-0.3, -0.25) is 0 Å². The number of nitrogens with two attached hydrogens (primary N) is 2. The molecule has 0 spiro atoms. The first-order chi connectivity index (χ1) is 15.5. The minimum atomic E-state index is -0.922. The van der Waals surface area contributed by atoms with Gasteiger partial charge in [0, 0.05) is 15.8 Å². The second-order valence-electron chi connectivity index (χ2n) is 7.41. The zero-order chi connectivity index (χ0) is 22.4. The molecule has 0 unspecified atom stereocenters. The highest BCUT2D eigenvalue weighted by atomic mass is 35.5. The maximum absolute atomic E-state index is 13.1. The molecule has 0 saturated heterocycles. The van der Waals surface area contributed by atoms with E-state index in [1.165, 1.54) is 0 Å². The topological polar surface area (TPSA) is 112 Å². The number of fused-ring (bicyclic) bond motifs is 2. The van der Waals surface area contributed by atoms with Crippen LogP contribution in [0.5, 0.6) is 0 Å². The molecule has 5 rings (SSSR count). The molecule has 0 aliphatic carbocycles. The zero-order valence-electron chi connectivity index (χ0n) is 16.7. The molecule has 0 atom stereocenters. The van der Waals surface area contributed by atoms with E-state index < -0.39 is 17.2 Å². The lowest BCUT2D eigenvalue weighted by atomic mass is 9.84. The van der Waals surface area contributed by atoms with Gasteiger partial charge in [0.05, 0.1) is 28.4 Å². The van der Waals surface area contributed by atoms with Crippen LogP contribution in [0.25, 0.3) is 21.9 Å². The molecule has 0 radical (unpaired) electrons. The molecule has 0 amide bonds. The van der Waals surface area contributed by atoms with Gasteiger partial charge >= 0.3 is 11.3 Å². The van der Waals surface area contributed by atoms with Crippen molar-refractivity contribution in [1.82, 2.24) is 0 Å². The number of hydrogen-bond donors (Lipinski definition) is 2. The van der Waals surface area contributed by atoms with E-state index in [4.69, 9.17) is 31.9 Å². The molecule has 32 heavy (non-hydrogen) atoms. The van der Waals surface area contributed by atoms with Crippen molar-refractivity contribution in [1.29, 1.82) is 0 Å². The molecule has 0 saturated carbocycles. The van der Waals surface area contributed by atoms with Crippen LogP contribution in [0, 0.1) is 0 Å². The van der Waals surface area contributed by atoms with Gasteiger partial charge in [0.1, 0.15) is 11.2 Å². The molecule has 6 nitrogen and oxygen atoms in total. The summed E-state index contributed by atoms with van der Waals surface area (Å²) < 4.78 is 11.1. The minimum absolute atomic E-state index is 0.111. The summed E-state index contributed by atoms with van der Waals surface area (Å²) in [5.41, 5.74) is 13.6. The molecule has 0 bridgehead atoms. The van der Waals surface area contributed by atoms with Gasteiger partial charge in [0.25, 0.3) is 0 Å². The Bertz CT molecular complexity index is 1500. The van der Waals surface area contributed by atoms with E-state index >= 15 is 0 Å². The third-order valence-corrected chi connectivity index (χ3v) is 5.81. The normalized spacial score (nSPS) is 11.4. The van der Waals surface area contributed by atoms with Gasteiger partial charge in [-0.25, -0.2) is 9.59 Å². The molecule has 4 N–H and O–H groups in total. The summed E-state index contributed by atoms with van der Waals surface area (Å²) in [4.78, 5) is 26.3. The van der Waals surface area contributed by atoms with E-state index in [9.17, 15) is 9.59 Å². The fourth-order valence-corrected chi connectivity index (χ4v) is 4.18. The smallest absolute Gasteiger partial charge is 0.342 e. The van der Waals surface area contributed by atoms with Gasteiger partial charge in [-0.2, -0.15) is 0 Å². The molecule has 2 aromatic heterocycles. The Morgan fingerprint density at radius 3 is 1.56 bits per heavy atom. The van der Waals surface area contributed by atoms with E-state index in [1.54, 1.807) is 72.8 Å². The number of para-hydroxylation sites is 2. The van der Waals surface area contributed by atoms with E-state index in [2.05, 4.69) is 0 Å². The lowest BCUT2D eigenvalue weighted by Gasteiger charge is -2.21. The van der Waals surface area contributed by atoms with E-state index in [1.807, 2.05) is 0 Å². The van der Waals surface area contributed by atoms with Crippen molar-refractivity contribution < 1.29 is 8.83 Å². The lowest BCUT2D eigenvalue weighted by Crippen LogP contribution is -2.24. The van der Waals surface area contributed by atoms with Crippen molar-refractivity contribution in [3.63, 3.8) is 0 Å². The Balaban J connectivity index is 1.91. The highest BCUT2D eigenvalue weighted by Gasteiger charge is 2.30. The van der Waals surface area contributed by atoms with Crippen molar-refractivity contribution in [2.45, 2.75) is 5.92 Å². The summed E-state index contributed by atoms with van der Waals surface area (Å²) >= 11 is 6.08. The van der Waals surface area contributed by atoms with Crippen molar-refractivity contribution >= 4 is 44.9 Å². The van der Waals surface area contributed by atoms with Crippen LogP contribution in [0.4, 0.5) is 11.4 Å². The molecule has 0 aliphatic heterocycles. The van der Waals surface area contributed by atoms with E-state index in [0.717, 1.165) is 0 Å². The summed E-state index contributed by atoms with van der Waals surface area (Å²) in [6, 6.07) is 20.7. The van der Waals surface area contributed by atoms with Gasteiger partial charge in [-0.1, -0.05) is 48.0 Å². The monoisotopic (exact) mass is 444 g/mol. The predicted octanol–water partition coefficient (Wildman–Crippen LogP) is 4.90. The maximum Gasteiger partial charge on any atom is 0.342 e. The van der Waals surface area contributed by atoms with Crippen molar-refractivity contribution in [3.05, 3.63) is 115 Å². The second-order valence-corrected chi connectivity index (χ2v) is 7.85. The zero-order valence-corrected chi connectivity index (χ0v) is 17.4. The van der Waals surface area contributed by atoms with E-state index in [0.29, 0.717) is 32.5 Å². The Labute approximate surface area is 186 Å². The SMILES string of the molecule is Nc1c(C(c2ccc(Cl)cc2)c2c(N)c3ccccc3oc2=O)c(=O)oc2ccccc12. The van der Waals surface area contributed by atoms with Crippen LogP contribution in [0.2, 0.25) is 5.02 Å². The van der Waals surface area contributed by atoms with Crippen LogP contribution in [-0.2, 0) is 0 Å². The van der Waals surface area contributed by atoms with Crippen molar-refractivity contribution in [2.75, 3.05) is 11.5 Å². The molecule has 7 heteroatoms. The van der Waals surface area contributed by atoms with Crippen LogP contribution in [0.1, 0.15) is 22.6 Å². The third-order valence-electron chi connectivity index (χ3n) is 5.56. The first kappa shape index (κ1) is 19.9. The standard InChI is InChI=1S/C25H17ClN2O4/c26-14-11-9-13(10-12-14)19(20-22(27)15-5-1-3-7-17(15)31-24(20)29)21-23(28)16-6-2-4-8-18(16)32-25(21)30/h1-12,19H,27-28H2. The Hall–Kier alpha value is -4.03. The number of halogens is 1. The molecule has 158 valence electrons. The number of benzene rings is 3. The maximum atomic E-state index is 13.1. The quantitative estimate of drug-likeness (QED) is 0.383. The van der Waals surface area contributed by atoms with Crippen LogP contribution in [0.15, 0.2) is 91.2 Å². The van der Waals surface area contributed by atoms with Gasteiger partial charge < -0.3 is 20.3 Å². The number of anilines is 2. The second kappa shape index (κ2) is 7.59. The Morgan fingerprint density at radius 1 is 0.656 bits per heavy atom. The molecule has 2 heterocycles. The van der Waals surface area contributed by atoms with Crippen LogP contribution in [0.3, 0.4) is 0 Å². The van der Waals surface area contributed by atoms with Gasteiger partial charge in [-0.05, 0) is 42.0 Å². The lowest BCUT2D eigenvalue weighted by molar-refractivity contribution is 0.537. The van der Waals surface area contributed by atoms with Crippen LogP contribution < -0.4 is 22.7 Å². The molecule has 3 aromatic carbocycles. The van der Waals surface area contributed by atoms with Gasteiger partial charge in [0.15, 0.2) is 0 Å². The van der Waals surface area contributed by atoms with Crippen molar-refractivity contribution in [3.8, 4) is 0 Å². The molecular formula is C25H17ClN2O4. The number of nitrogen functional groups attached to an aromatic ring is 2. The summed E-state index contributed by atoms with van der Waals surface area (Å²) in [6.45, 7) is 0. The Morgan fingerprint density at radius 2 is 1.09 bits per heavy atom. The molecule has 0 aliphatic rings. The summed E-state index contributed by atoms with van der Waals surface area (Å²) in [5, 5.41) is 1.62. The molecular weight excluding hydrogens is 428 g/mol. The predicted molar refractivity (Wildman–Crippen MR) is 126 cm³/mol. The number of hydrogen-bond acceptors (Lipinski definition) is 6. The summed E-state index contributed by atoms with van der Waals surface area (Å²) in [5.74, 6) is -0.922. The van der Waals surface area contributed by atoms with E-state index in [-0.39, 0.29) is 22.5 Å². The summed E-state index contributed by atoms with van der Waals surface area (Å²) in [6.07, 6.45) is 0. The molecule has 5 aromatic rings. The largest absolute Gasteiger partial charge is 0.422 e. The van der Waals surface area contributed by atoms with Gasteiger partial charge in [0.2, 0.25) is 0 Å². The first-order valence-corrected chi connectivity index (χ1v) is 10.2. The van der Waals surface area contributed by atoms with Crippen molar-refractivity contribution in [2.24, 2.45) is 0 Å². The third kappa shape index (κ3) is 3.13. The number of rotatable bonds is 3. The minimum Gasteiger partial charge on any atom is -0.422 e. The molecule has 0 fully saturated rings. The fourth-order valence-electron chi connectivity index (χ4n) is 4.06. The Kier molecular flexibility index (Phi) is 4.72. The first-order valence-electron chi connectivity index (χ1n) is 9.83. The fraction of sp³-hybridized carbons (Fsp3) is 0.0400. The van der Waals surface area contributed by atoms with Crippen LogP contribution in [-0.4, -0.2) is 0 Å². The highest BCUT2D eigenvalue weighted by molar-refractivity contribution is 6.30. The highest BCUT2D eigenvalue weighted by Crippen LogP contribution is 2.39.